The SMILES string of the molecule is Cl.O=C(O)c1cc(C2CC2)c2cc(N3CCC(CNCCF)C3)c(F)cn2c1=O. The van der Waals surface area contributed by atoms with Gasteiger partial charge in [-0.2, -0.15) is 0 Å². The molecule has 0 radical (unpaired) electrons. The van der Waals surface area contributed by atoms with Gasteiger partial charge in [-0.15, -0.1) is 12.4 Å². The molecule has 6 nitrogen and oxygen atoms in total. The Kier molecular flexibility index (Phi) is 6.43. The highest BCUT2D eigenvalue weighted by Gasteiger charge is 2.30. The third-order valence-corrected chi connectivity index (χ3v) is 5.64. The first kappa shape index (κ1) is 21.5. The Morgan fingerprint density at radius 3 is 2.69 bits per heavy atom. The Morgan fingerprint density at radius 2 is 2.03 bits per heavy atom. The van der Waals surface area contributed by atoms with E-state index in [2.05, 4.69) is 5.32 Å². The smallest absolute Gasteiger partial charge is 0.341 e. The summed E-state index contributed by atoms with van der Waals surface area (Å²) in [5.74, 6) is -1.32. The highest BCUT2D eigenvalue weighted by Crippen LogP contribution is 2.42. The molecule has 1 unspecified atom stereocenters. The number of carbonyl (C=O) groups is 1. The first-order valence-electron chi connectivity index (χ1n) is 9.63. The van der Waals surface area contributed by atoms with Crippen LogP contribution in [0.5, 0.6) is 0 Å². The molecule has 1 aliphatic carbocycles. The Balaban J connectivity index is 0.00000240. The lowest BCUT2D eigenvalue weighted by molar-refractivity contribution is 0.0694. The summed E-state index contributed by atoms with van der Waals surface area (Å²) in [5, 5.41) is 12.4. The van der Waals surface area contributed by atoms with Gasteiger partial charge in [0.25, 0.3) is 5.56 Å². The minimum Gasteiger partial charge on any atom is -0.477 e. The molecule has 2 aromatic rings. The summed E-state index contributed by atoms with van der Waals surface area (Å²) >= 11 is 0. The summed E-state index contributed by atoms with van der Waals surface area (Å²) in [6.07, 6.45) is 3.86. The number of aromatic nitrogens is 1. The second-order valence-electron chi connectivity index (χ2n) is 7.65. The van der Waals surface area contributed by atoms with Gasteiger partial charge in [-0.25, -0.2) is 13.6 Å². The number of carboxylic acid groups (broad SMARTS) is 1. The number of anilines is 1. The number of carboxylic acids is 1. The van der Waals surface area contributed by atoms with E-state index < -0.39 is 24.0 Å². The predicted molar refractivity (Wildman–Crippen MR) is 109 cm³/mol. The van der Waals surface area contributed by atoms with Gasteiger partial charge in [0.05, 0.1) is 17.4 Å². The summed E-state index contributed by atoms with van der Waals surface area (Å²) in [5.41, 5.74) is 0.752. The van der Waals surface area contributed by atoms with E-state index in [0.29, 0.717) is 43.3 Å². The van der Waals surface area contributed by atoms with E-state index in [-0.39, 0.29) is 23.9 Å². The van der Waals surface area contributed by atoms with Crippen LogP contribution in [-0.2, 0) is 0 Å². The average molecular weight is 428 g/mol. The van der Waals surface area contributed by atoms with Crippen LogP contribution < -0.4 is 15.8 Å². The number of fused-ring (bicyclic) bond motifs is 1. The van der Waals surface area contributed by atoms with Gasteiger partial charge in [0.15, 0.2) is 5.82 Å². The number of nitrogens with zero attached hydrogens (tertiary/aromatic N) is 2. The second kappa shape index (κ2) is 8.67. The molecular weight excluding hydrogens is 404 g/mol. The summed E-state index contributed by atoms with van der Waals surface area (Å²) in [4.78, 5) is 25.9. The lowest BCUT2D eigenvalue weighted by atomic mass is 10.1. The molecule has 2 N–H and O–H groups in total. The Bertz CT molecular complexity index is 978. The molecule has 1 saturated heterocycles. The molecule has 2 aromatic heterocycles. The summed E-state index contributed by atoms with van der Waals surface area (Å²) in [7, 11) is 0. The zero-order chi connectivity index (χ0) is 19.8. The maximum Gasteiger partial charge on any atom is 0.341 e. The minimum atomic E-state index is -1.30. The monoisotopic (exact) mass is 427 g/mol. The van der Waals surface area contributed by atoms with E-state index in [1.54, 1.807) is 6.07 Å². The van der Waals surface area contributed by atoms with Crippen molar-refractivity contribution < 1.29 is 18.7 Å². The Labute approximate surface area is 172 Å². The maximum atomic E-state index is 14.9. The molecule has 0 bridgehead atoms. The summed E-state index contributed by atoms with van der Waals surface area (Å²) in [6, 6.07) is 3.13. The molecular formula is C20H24ClF2N3O3. The molecule has 29 heavy (non-hydrogen) atoms. The minimum absolute atomic E-state index is 0. The number of pyridine rings is 2. The lowest BCUT2D eigenvalue weighted by Crippen LogP contribution is -2.28. The molecule has 0 spiro atoms. The van der Waals surface area contributed by atoms with Crippen molar-refractivity contribution in [2.24, 2.45) is 5.92 Å². The van der Waals surface area contributed by atoms with Crippen LogP contribution in [0.1, 0.15) is 41.1 Å². The van der Waals surface area contributed by atoms with Crippen LogP contribution in [0, 0.1) is 11.7 Å². The van der Waals surface area contributed by atoms with Crippen molar-refractivity contribution in [1.29, 1.82) is 0 Å². The number of aromatic carboxylic acids is 1. The van der Waals surface area contributed by atoms with Crippen molar-refractivity contribution >= 4 is 29.6 Å². The lowest BCUT2D eigenvalue weighted by Gasteiger charge is -2.21. The van der Waals surface area contributed by atoms with Crippen molar-refractivity contribution in [1.82, 2.24) is 9.72 Å². The van der Waals surface area contributed by atoms with Crippen LogP contribution in [0.2, 0.25) is 0 Å². The molecule has 0 amide bonds. The number of rotatable bonds is 7. The van der Waals surface area contributed by atoms with Gasteiger partial charge in [-0.3, -0.25) is 9.20 Å². The fraction of sp³-hybridized carbons (Fsp3) is 0.500. The summed E-state index contributed by atoms with van der Waals surface area (Å²) < 4.78 is 28.2. The topological polar surface area (TPSA) is 74.1 Å². The van der Waals surface area contributed by atoms with Gasteiger partial charge in [0.1, 0.15) is 12.2 Å². The van der Waals surface area contributed by atoms with Crippen molar-refractivity contribution in [3.05, 3.63) is 45.6 Å². The predicted octanol–water partition coefficient (Wildman–Crippen LogP) is 2.82. The molecule has 158 valence electrons. The standard InChI is InChI=1S/C20H23F2N3O3.ClH/c21-4-5-23-9-12-3-6-24(10-12)18-8-17-14(13-1-2-13)7-15(20(27)28)19(26)25(17)11-16(18)22;/h7-8,11-13,23H,1-6,9-10H2,(H,27,28);1H. The van der Waals surface area contributed by atoms with Crippen LogP contribution in [0.25, 0.3) is 5.52 Å². The van der Waals surface area contributed by atoms with Gasteiger partial charge in [-0.05, 0) is 55.3 Å². The van der Waals surface area contributed by atoms with Gasteiger partial charge in [0.2, 0.25) is 0 Å². The number of hydrogen-bond donors (Lipinski definition) is 2. The maximum absolute atomic E-state index is 14.9. The molecule has 4 rings (SSSR count). The number of hydrogen-bond acceptors (Lipinski definition) is 4. The summed E-state index contributed by atoms with van der Waals surface area (Å²) in [6.45, 7) is 1.94. The Morgan fingerprint density at radius 1 is 1.28 bits per heavy atom. The van der Waals surface area contributed by atoms with Crippen molar-refractivity contribution in [3.63, 3.8) is 0 Å². The quantitative estimate of drug-likeness (QED) is 0.665. The molecule has 1 atom stereocenters. The largest absolute Gasteiger partial charge is 0.477 e. The van der Waals surface area contributed by atoms with Gasteiger partial charge in [-0.1, -0.05) is 0 Å². The molecule has 2 aliphatic rings. The average Bonchev–Trinajstić information content (AvgIpc) is 3.40. The van der Waals surface area contributed by atoms with Crippen molar-refractivity contribution in [2.75, 3.05) is 37.8 Å². The van der Waals surface area contributed by atoms with E-state index in [1.165, 1.54) is 6.07 Å². The van der Waals surface area contributed by atoms with E-state index >= 15 is 0 Å². The fourth-order valence-electron chi connectivity index (χ4n) is 4.04. The molecule has 0 aromatic carbocycles. The zero-order valence-corrected chi connectivity index (χ0v) is 16.7. The molecule has 2 fully saturated rings. The van der Waals surface area contributed by atoms with E-state index in [9.17, 15) is 23.5 Å². The molecule has 1 aliphatic heterocycles. The molecule has 9 heteroatoms. The van der Waals surface area contributed by atoms with E-state index in [1.807, 2.05) is 4.90 Å². The van der Waals surface area contributed by atoms with Gasteiger partial charge in [0, 0.05) is 19.6 Å². The Hall–Kier alpha value is -2.19. The van der Waals surface area contributed by atoms with Crippen LogP contribution in [0.4, 0.5) is 14.5 Å². The third kappa shape index (κ3) is 4.23. The fourth-order valence-corrected chi connectivity index (χ4v) is 4.04. The van der Waals surface area contributed by atoms with Crippen LogP contribution >= 0.6 is 12.4 Å². The molecule has 1 saturated carbocycles. The van der Waals surface area contributed by atoms with Gasteiger partial charge >= 0.3 is 5.97 Å². The van der Waals surface area contributed by atoms with E-state index in [4.69, 9.17) is 0 Å². The first-order chi connectivity index (χ1) is 13.5. The molecule has 3 heterocycles. The van der Waals surface area contributed by atoms with Crippen LogP contribution in [-0.4, -0.2) is 48.3 Å². The van der Waals surface area contributed by atoms with Crippen LogP contribution in [0.3, 0.4) is 0 Å². The highest BCUT2D eigenvalue weighted by atomic mass is 35.5. The third-order valence-electron chi connectivity index (χ3n) is 5.64. The number of halogens is 3. The first-order valence-corrected chi connectivity index (χ1v) is 9.63. The van der Waals surface area contributed by atoms with E-state index in [0.717, 1.165) is 35.4 Å². The number of alkyl halides is 1. The highest BCUT2D eigenvalue weighted by molar-refractivity contribution is 5.88. The van der Waals surface area contributed by atoms with Gasteiger partial charge < -0.3 is 15.3 Å². The normalized spacial score (nSPS) is 18.8. The van der Waals surface area contributed by atoms with Crippen molar-refractivity contribution in [2.45, 2.75) is 25.2 Å². The second-order valence-corrected chi connectivity index (χ2v) is 7.65. The van der Waals surface area contributed by atoms with Crippen molar-refractivity contribution in [3.8, 4) is 0 Å². The van der Waals surface area contributed by atoms with Crippen LogP contribution in [0.15, 0.2) is 23.1 Å². The number of nitrogens with one attached hydrogen (secondary N) is 1. The zero-order valence-electron chi connectivity index (χ0n) is 15.9.